The van der Waals surface area contributed by atoms with Gasteiger partial charge in [-0.2, -0.15) is 0 Å². The van der Waals surface area contributed by atoms with Gasteiger partial charge in [0.15, 0.2) is 0 Å². The van der Waals surface area contributed by atoms with E-state index in [-0.39, 0.29) is 41.8 Å². The zero-order valence-corrected chi connectivity index (χ0v) is 12.0. The zero-order chi connectivity index (χ0) is 13.7. The van der Waals surface area contributed by atoms with Crippen LogP contribution in [0.5, 0.6) is 0 Å². The summed E-state index contributed by atoms with van der Waals surface area (Å²) in [6.45, 7) is 1.67. The summed E-state index contributed by atoms with van der Waals surface area (Å²) in [6.07, 6.45) is 0.775. The van der Waals surface area contributed by atoms with Crippen molar-refractivity contribution in [2.45, 2.75) is 6.92 Å². The first-order valence-electron chi connectivity index (χ1n) is 5.03. The summed E-state index contributed by atoms with van der Waals surface area (Å²) in [7, 11) is 0. The van der Waals surface area contributed by atoms with Crippen molar-refractivity contribution in [3.63, 3.8) is 0 Å². The van der Waals surface area contributed by atoms with Gasteiger partial charge in [0.1, 0.15) is 5.76 Å². The first kappa shape index (κ1) is 18.1. The van der Waals surface area contributed by atoms with Crippen molar-refractivity contribution in [1.29, 1.82) is 0 Å². The Morgan fingerprint density at radius 2 is 1.95 bits per heavy atom. The Kier molecular flexibility index (Phi) is 7.89. The van der Waals surface area contributed by atoms with Crippen LogP contribution >= 0.6 is 23.2 Å². The molecule has 0 aliphatic carbocycles. The molecule has 0 atom stereocenters. The second-order valence-corrected chi connectivity index (χ2v) is 4.06. The number of carbonyl (C=O) groups is 2. The van der Waals surface area contributed by atoms with E-state index in [1.165, 1.54) is 18.2 Å². The molecule has 1 aromatic rings. The van der Waals surface area contributed by atoms with Crippen molar-refractivity contribution in [2.24, 2.45) is 0 Å². The second-order valence-electron chi connectivity index (χ2n) is 3.24. The molecule has 1 aromatic carbocycles. The van der Waals surface area contributed by atoms with Gasteiger partial charge in [0.05, 0.1) is 16.7 Å². The Labute approximate surface area is 132 Å². The largest absolute Gasteiger partial charge is 0.507 e. The van der Waals surface area contributed by atoms with Crippen LogP contribution < -0.4 is 0 Å². The Morgan fingerprint density at radius 3 is 2.47 bits per heavy atom. The number of ether oxygens (including phenoxy) is 1. The topological polar surface area (TPSA) is 63.6 Å². The molecule has 0 amide bonds. The van der Waals surface area contributed by atoms with Crippen molar-refractivity contribution < 1.29 is 19.4 Å². The number of ketones is 1. The van der Waals surface area contributed by atoms with Gasteiger partial charge in [-0.05, 0) is 25.1 Å². The number of hydrogen-bond acceptors (Lipinski definition) is 4. The molecule has 1 radical (unpaired) electrons. The van der Waals surface area contributed by atoms with E-state index in [1.54, 1.807) is 6.92 Å². The van der Waals surface area contributed by atoms with Crippen molar-refractivity contribution in [1.82, 2.24) is 0 Å². The number of esters is 1. The average molecular weight is 296 g/mol. The molecule has 7 heteroatoms. The van der Waals surface area contributed by atoms with Crippen LogP contribution in [0.25, 0.3) is 5.76 Å². The number of benzene rings is 1. The number of aliphatic hydroxyl groups is 1. The van der Waals surface area contributed by atoms with Crippen LogP contribution in [0.15, 0.2) is 24.3 Å². The molecule has 0 aliphatic rings. The maximum Gasteiger partial charge on any atom is 0.379 e. The Morgan fingerprint density at radius 1 is 1.32 bits per heavy atom. The standard InChI is InChI=1S/C12H10Cl2O4.Li/c1-2-18-12(17)11(16)6-10(15)7-3-4-8(13)9(14)5-7;/h3-6,15H,2H2,1H3;. The minimum atomic E-state index is -1.02. The van der Waals surface area contributed by atoms with E-state index in [2.05, 4.69) is 4.74 Å². The Hall–Kier alpha value is -0.923. The number of halogens is 2. The fourth-order valence-electron chi connectivity index (χ4n) is 1.12. The molecule has 0 heterocycles. The molecule has 1 N–H and O–H groups in total. The van der Waals surface area contributed by atoms with Crippen LogP contribution in [0.1, 0.15) is 12.5 Å². The van der Waals surface area contributed by atoms with E-state index in [1.807, 2.05) is 0 Å². The third-order valence-corrected chi connectivity index (χ3v) is 2.70. The summed E-state index contributed by atoms with van der Waals surface area (Å²) in [5.74, 6) is -2.35. The maximum atomic E-state index is 11.3. The van der Waals surface area contributed by atoms with Crippen LogP contribution in [0.2, 0.25) is 10.0 Å². The first-order chi connectivity index (χ1) is 8.45. The quantitative estimate of drug-likeness (QED) is 0.305. The summed E-state index contributed by atoms with van der Waals surface area (Å²) in [5.41, 5.74) is 0.280. The van der Waals surface area contributed by atoms with E-state index < -0.39 is 11.8 Å². The van der Waals surface area contributed by atoms with E-state index >= 15 is 0 Å². The van der Waals surface area contributed by atoms with Crippen molar-refractivity contribution in [3.8, 4) is 0 Å². The minimum Gasteiger partial charge on any atom is -0.507 e. The normalized spacial score (nSPS) is 10.6. The van der Waals surface area contributed by atoms with Crippen LogP contribution in [0.3, 0.4) is 0 Å². The molecule has 4 nitrogen and oxygen atoms in total. The second kappa shape index (κ2) is 8.29. The molecule has 0 saturated carbocycles. The molecule has 0 fully saturated rings. The zero-order valence-electron chi connectivity index (χ0n) is 10.4. The van der Waals surface area contributed by atoms with Crippen LogP contribution in [-0.2, 0) is 14.3 Å². The first-order valence-corrected chi connectivity index (χ1v) is 5.78. The number of carbonyl (C=O) groups excluding carboxylic acids is 2. The molecule has 97 valence electrons. The molecule has 0 aliphatic heterocycles. The summed E-state index contributed by atoms with van der Waals surface area (Å²) in [5, 5.41) is 10.2. The number of rotatable bonds is 4. The molecule has 0 unspecified atom stereocenters. The van der Waals surface area contributed by atoms with E-state index in [4.69, 9.17) is 23.2 Å². The molecule has 0 spiro atoms. The number of hydrogen-bond donors (Lipinski definition) is 1. The van der Waals surface area contributed by atoms with Gasteiger partial charge in [0.2, 0.25) is 0 Å². The van der Waals surface area contributed by atoms with E-state index in [9.17, 15) is 14.7 Å². The predicted molar refractivity (Wildman–Crippen MR) is 74.5 cm³/mol. The summed E-state index contributed by atoms with van der Waals surface area (Å²) < 4.78 is 4.49. The van der Waals surface area contributed by atoms with Crippen molar-refractivity contribution in [3.05, 3.63) is 39.9 Å². The van der Waals surface area contributed by atoms with Gasteiger partial charge < -0.3 is 9.84 Å². The summed E-state index contributed by atoms with van der Waals surface area (Å²) >= 11 is 11.5. The van der Waals surface area contributed by atoms with Crippen LogP contribution in [0.4, 0.5) is 0 Å². The van der Waals surface area contributed by atoms with Crippen molar-refractivity contribution in [2.75, 3.05) is 6.61 Å². The molecular formula is C12H10Cl2LiO4. The Balaban J connectivity index is 0.00000324. The van der Waals surface area contributed by atoms with Gasteiger partial charge in [-0.25, -0.2) is 4.79 Å². The monoisotopic (exact) mass is 295 g/mol. The van der Waals surface area contributed by atoms with Crippen LogP contribution in [-0.4, -0.2) is 42.3 Å². The number of aliphatic hydroxyl groups excluding tert-OH is 1. The molecule has 0 aromatic heterocycles. The van der Waals surface area contributed by atoms with Gasteiger partial charge in [0.25, 0.3) is 5.78 Å². The van der Waals surface area contributed by atoms with Gasteiger partial charge in [-0.1, -0.05) is 23.2 Å². The maximum absolute atomic E-state index is 11.3. The molecule has 1 rings (SSSR count). The van der Waals surface area contributed by atoms with Gasteiger partial charge >= 0.3 is 5.97 Å². The smallest absolute Gasteiger partial charge is 0.379 e. The molecule has 19 heavy (non-hydrogen) atoms. The van der Waals surface area contributed by atoms with Crippen molar-refractivity contribution >= 4 is 59.6 Å². The summed E-state index contributed by atoms with van der Waals surface area (Å²) in [6, 6.07) is 4.32. The minimum absolute atomic E-state index is 0. The Bertz CT molecular complexity index is 514. The summed E-state index contributed by atoms with van der Waals surface area (Å²) in [4.78, 5) is 22.4. The van der Waals surface area contributed by atoms with E-state index in [0.717, 1.165) is 6.08 Å². The fourth-order valence-corrected chi connectivity index (χ4v) is 1.42. The third kappa shape index (κ3) is 5.29. The molecule has 0 bridgehead atoms. The fraction of sp³-hybridized carbons (Fsp3) is 0.167. The van der Waals surface area contributed by atoms with Crippen LogP contribution in [0, 0.1) is 0 Å². The molecule has 0 saturated heterocycles. The van der Waals surface area contributed by atoms with Gasteiger partial charge in [-0.15, -0.1) is 0 Å². The SMILES string of the molecule is CCOC(=O)C(=O)C=C(O)c1ccc(Cl)c(Cl)c1.[Li]. The average Bonchev–Trinajstić information content (AvgIpc) is 2.32. The van der Waals surface area contributed by atoms with Gasteiger partial charge in [0, 0.05) is 30.5 Å². The predicted octanol–water partition coefficient (Wildman–Crippen LogP) is 2.64. The molecular weight excluding hydrogens is 286 g/mol. The third-order valence-electron chi connectivity index (χ3n) is 1.96. The van der Waals surface area contributed by atoms with Gasteiger partial charge in [-0.3, -0.25) is 4.79 Å². The van der Waals surface area contributed by atoms with E-state index in [0.29, 0.717) is 5.02 Å².